The van der Waals surface area contributed by atoms with Gasteiger partial charge in [0.05, 0.1) is 4.90 Å². The summed E-state index contributed by atoms with van der Waals surface area (Å²) in [5.74, 6) is 0.722. The molecular weight excluding hydrogens is 342 g/mol. The number of rotatable bonds is 6. The summed E-state index contributed by atoms with van der Waals surface area (Å²) in [5.41, 5.74) is 4.99. The van der Waals surface area contributed by atoms with Crippen molar-refractivity contribution in [2.24, 2.45) is 0 Å². The summed E-state index contributed by atoms with van der Waals surface area (Å²) in [6.07, 6.45) is 2.80. The third-order valence-electron chi connectivity index (χ3n) is 5.40. The fourth-order valence-electron chi connectivity index (χ4n) is 3.88. The number of hydrogen-bond acceptors (Lipinski definition) is 2. The van der Waals surface area contributed by atoms with Gasteiger partial charge < -0.3 is 0 Å². The van der Waals surface area contributed by atoms with Crippen LogP contribution >= 0.6 is 0 Å². The second-order valence-electron chi connectivity index (χ2n) is 7.75. The summed E-state index contributed by atoms with van der Waals surface area (Å²) in [6.45, 7) is 8.52. The number of aryl methyl sites for hydroxylation is 1. The first-order chi connectivity index (χ1) is 12.3. The quantitative estimate of drug-likeness (QED) is 0.784. The standard InChI is InChI=1S/C22H29NO2S/c1-5-6-20-21-13-17(15(2)3)9-10-18(21)14-22(20)23-26(24,25)19-11-7-16(4)8-12-19/h7-13,15,20,22-23H,5-6,14H2,1-4H3/t20-,22+/m0/s1. The van der Waals surface area contributed by atoms with E-state index in [2.05, 4.69) is 43.7 Å². The van der Waals surface area contributed by atoms with Crippen LogP contribution in [-0.4, -0.2) is 14.5 Å². The molecule has 0 bridgehead atoms. The van der Waals surface area contributed by atoms with Crippen molar-refractivity contribution in [2.75, 3.05) is 0 Å². The SMILES string of the molecule is CCC[C@H]1c2cc(C(C)C)ccc2C[C@H]1NS(=O)(=O)c1ccc(C)cc1. The Balaban J connectivity index is 1.89. The molecule has 2 atom stereocenters. The lowest BCUT2D eigenvalue weighted by Gasteiger charge is -2.22. The van der Waals surface area contributed by atoms with Crippen molar-refractivity contribution in [2.45, 2.75) is 69.7 Å². The van der Waals surface area contributed by atoms with Crippen molar-refractivity contribution < 1.29 is 8.42 Å². The Hall–Kier alpha value is -1.65. The van der Waals surface area contributed by atoms with Gasteiger partial charge in [0.2, 0.25) is 10.0 Å². The molecule has 0 heterocycles. The topological polar surface area (TPSA) is 46.2 Å². The van der Waals surface area contributed by atoms with Crippen molar-refractivity contribution in [1.82, 2.24) is 4.72 Å². The lowest BCUT2D eigenvalue weighted by molar-refractivity contribution is 0.482. The van der Waals surface area contributed by atoms with Crippen LogP contribution in [0.25, 0.3) is 0 Å². The minimum atomic E-state index is -3.51. The highest BCUT2D eigenvalue weighted by atomic mass is 32.2. The van der Waals surface area contributed by atoms with Crippen molar-refractivity contribution in [3.63, 3.8) is 0 Å². The molecule has 0 aliphatic heterocycles. The number of sulfonamides is 1. The number of hydrogen-bond donors (Lipinski definition) is 1. The molecule has 2 aromatic carbocycles. The minimum Gasteiger partial charge on any atom is -0.207 e. The zero-order valence-corrected chi connectivity index (χ0v) is 16.9. The molecule has 0 spiro atoms. The lowest BCUT2D eigenvalue weighted by atomic mass is 9.91. The highest BCUT2D eigenvalue weighted by molar-refractivity contribution is 7.89. The molecule has 2 aromatic rings. The summed E-state index contributed by atoms with van der Waals surface area (Å²) in [4.78, 5) is 0.345. The van der Waals surface area contributed by atoms with Gasteiger partial charge in [-0.05, 0) is 54.5 Å². The van der Waals surface area contributed by atoms with Crippen LogP contribution in [0.3, 0.4) is 0 Å². The summed E-state index contributed by atoms with van der Waals surface area (Å²) in [5, 5.41) is 0. The van der Waals surface area contributed by atoms with Crippen molar-refractivity contribution in [3.05, 3.63) is 64.7 Å². The molecular formula is C22H29NO2S. The van der Waals surface area contributed by atoms with E-state index in [9.17, 15) is 8.42 Å². The van der Waals surface area contributed by atoms with E-state index >= 15 is 0 Å². The molecule has 0 aromatic heterocycles. The van der Waals surface area contributed by atoms with Crippen LogP contribution in [-0.2, 0) is 16.4 Å². The summed E-state index contributed by atoms with van der Waals surface area (Å²) in [7, 11) is -3.51. The Bertz CT molecular complexity index is 870. The van der Waals surface area contributed by atoms with Gasteiger partial charge in [0.15, 0.2) is 0 Å². The fraction of sp³-hybridized carbons (Fsp3) is 0.455. The molecule has 0 radical (unpaired) electrons. The van der Waals surface area contributed by atoms with Crippen LogP contribution in [0.15, 0.2) is 47.4 Å². The Morgan fingerprint density at radius 1 is 1.12 bits per heavy atom. The van der Waals surface area contributed by atoms with Gasteiger partial charge in [-0.1, -0.05) is 63.1 Å². The fourth-order valence-corrected chi connectivity index (χ4v) is 5.15. The lowest BCUT2D eigenvalue weighted by Crippen LogP contribution is -2.37. The van der Waals surface area contributed by atoms with Crippen LogP contribution in [0.5, 0.6) is 0 Å². The van der Waals surface area contributed by atoms with Crippen molar-refractivity contribution in [3.8, 4) is 0 Å². The van der Waals surface area contributed by atoms with Crippen LogP contribution < -0.4 is 4.72 Å². The molecule has 26 heavy (non-hydrogen) atoms. The first-order valence-corrected chi connectivity index (χ1v) is 11.0. The Morgan fingerprint density at radius 3 is 2.42 bits per heavy atom. The van der Waals surface area contributed by atoms with Gasteiger partial charge in [-0.15, -0.1) is 0 Å². The molecule has 1 N–H and O–H groups in total. The first-order valence-electron chi connectivity index (χ1n) is 9.53. The van der Waals surface area contributed by atoms with Crippen molar-refractivity contribution >= 4 is 10.0 Å². The Kier molecular flexibility index (Phi) is 5.54. The smallest absolute Gasteiger partial charge is 0.207 e. The second-order valence-corrected chi connectivity index (χ2v) is 9.47. The van der Waals surface area contributed by atoms with Gasteiger partial charge in [0, 0.05) is 12.0 Å². The van der Waals surface area contributed by atoms with Gasteiger partial charge in [-0.25, -0.2) is 13.1 Å². The monoisotopic (exact) mass is 371 g/mol. The Labute approximate surface area is 157 Å². The predicted octanol–water partition coefficient (Wildman–Crippen LogP) is 4.91. The molecule has 0 fully saturated rings. The molecule has 4 heteroatoms. The third kappa shape index (κ3) is 3.86. The van der Waals surface area contributed by atoms with E-state index in [1.54, 1.807) is 12.1 Å². The summed E-state index contributed by atoms with van der Waals surface area (Å²) < 4.78 is 28.7. The maximum absolute atomic E-state index is 12.9. The van der Waals surface area contributed by atoms with E-state index in [1.807, 2.05) is 19.1 Å². The zero-order chi connectivity index (χ0) is 18.9. The van der Waals surface area contributed by atoms with E-state index in [1.165, 1.54) is 16.7 Å². The van der Waals surface area contributed by atoms with Gasteiger partial charge in [-0.2, -0.15) is 0 Å². The maximum atomic E-state index is 12.9. The van der Waals surface area contributed by atoms with Crippen molar-refractivity contribution in [1.29, 1.82) is 0 Å². The zero-order valence-electron chi connectivity index (χ0n) is 16.1. The molecule has 0 unspecified atom stereocenters. The highest BCUT2D eigenvalue weighted by Gasteiger charge is 2.35. The van der Waals surface area contributed by atoms with Gasteiger partial charge in [0.25, 0.3) is 0 Å². The van der Waals surface area contributed by atoms with Crippen LogP contribution in [0, 0.1) is 6.92 Å². The van der Waals surface area contributed by atoms with Crippen LogP contribution in [0.4, 0.5) is 0 Å². The molecule has 0 amide bonds. The molecule has 3 rings (SSSR count). The Morgan fingerprint density at radius 2 is 1.81 bits per heavy atom. The average molecular weight is 372 g/mol. The largest absolute Gasteiger partial charge is 0.240 e. The molecule has 3 nitrogen and oxygen atoms in total. The average Bonchev–Trinajstić information content (AvgIpc) is 2.91. The molecule has 0 saturated heterocycles. The van der Waals surface area contributed by atoms with E-state index in [4.69, 9.17) is 0 Å². The molecule has 0 saturated carbocycles. The highest BCUT2D eigenvalue weighted by Crippen LogP contribution is 2.38. The first kappa shape index (κ1) is 19.1. The van der Waals surface area contributed by atoms with E-state index < -0.39 is 10.0 Å². The molecule has 140 valence electrons. The van der Waals surface area contributed by atoms with E-state index in [-0.39, 0.29) is 12.0 Å². The van der Waals surface area contributed by atoms with Crippen LogP contribution in [0.2, 0.25) is 0 Å². The molecule has 1 aliphatic rings. The van der Waals surface area contributed by atoms with Crippen LogP contribution in [0.1, 0.15) is 67.7 Å². The normalized spacial score (nSPS) is 19.7. The van der Waals surface area contributed by atoms with Gasteiger partial charge in [-0.3, -0.25) is 0 Å². The summed E-state index contributed by atoms with van der Waals surface area (Å²) >= 11 is 0. The maximum Gasteiger partial charge on any atom is 0.240 e. The van der Waals surface area contributed by atoms with Gasteiger partial charge in [0.1, 0.15) is 0 Å². The minimum absolute atomic E-state index is 0.0707. The second kappa shape index (κ2) is 7.53. The number of fused-ring (bicyclic) bond motifs is 1. The third-order valence-corrected chi connectivity index (χ3v) is 6.90. The van der Waals surface area contributed by atoms with E-state index in [0.29, 0.717) is 10.8 Å². The number of benzene rings is 2. The summed E-state index contributed by atoms with van der Waals surface area (Å²) in [6, 6.07) is 13.7. The molecule has 1 aliphatic carbocycles. The predicted molar refractivity (Wildman–Crippen MR) is 107 cm³/mol. The van der Waals surface area contributed by atoms with E-state index in [0.717, 1.165) is 24.8 Å². The number of nitrogens with one attached hydrogen (secondary N) is 1. The van der Waals surface area contributed by atoms with Gasteiger partial charge >= 0.3 is 0 Å².